The predicted molar refractivity (Wildman–Crippen MR) is 136 cm³/mol. The Labute approximate surface area is 207 Å². The van der Waals surface area contributed by atoms with Crippen LogP contribution in [0.1, 0.15) is 87.7 Å². The van der Waals surface area contributed by atoms with E-state index in [-0.39, 0.29) is 17.4 Å². The number of hydrogen-bond acceptors (Lipinski definition) is 7. The molecule has 2 aromatic rings. The van der Waals surface area contributed by atoms with Crippen molar-refractivity contribution in [2.75, 3.05) is 25.1 Å². The molecule has 1 aliphatic carbocycles. The first-order valence-corrected chi connectivity index (χ1v) is 13.5. The third-order valence-electron chi connectivity index (χ3n) is 6.69. The second-order valence-electron chi connectivity index (χ2n) is 10.4. The molecule has 1 N–H and O–H groups in total. The van der Waals surface area contributed by atoms with E-state index >= 15 is 0 Å². The number of nitrogens with one attached hydrogen (secondary N) is 1. The Morgan fingerprint density at radius 1 is 1.15 bits per heavy atom. The van der Waals surface area contributed by atoms with E-state index in [1.165, 1.54) is 32.1 Å². The lowest BCUT2D eigenvalue weighted by atomic mass is 9.91. The maximum atomic E-state index is 12.4. The van der Waals surface area contributed by atoms with Gasteiger partial charge in [0.25, 0.3) is 5.91 Å². The van der Waals surface area contributed by atoms with Crippen molar-refractivity contribution in [1.82, 2.24) is 15.3 Å². The fourth-order valence-electron chi connectivity index (χ4n) is 4.51. The smallest absolute Gasteiger partial charge is 0.287 e. The van der Waals surface area contributed by atoms with Gasteiger partial charge in [-0.2, -0.15) is 0 Å². The van der Waals surface area contributed by atoms with Crippen LogP contribution in [0.5, 0.6) is 0 Å². The molecule has 2 fully saturated rings. The van der Waals surface area contributed by atoms with Gasteiger partial charge in [0.2, 0.25) is 0 Å². The number of furan rings is 1. The molecule has 0 aromatic carbocycles. The van der Waals surface area contributed by atoms with Crippen LogP contribution in [-0.2, 0) is 15.9 Å². The Morgan fingerprint density at radius 2 is 1.94 bits per heavy atom. The van der Waals surface area contributed by atoms with E-state index in [4.69, 9.17) is 19.1 Å². The molecule has 1 amide bonds. The van der Waals surface area contributed by atoms with E-state index in [9.17, 15) is 4.79 Å². The number of carbonyl (C=O) groups excluding carboxylic acids is 1. The standard InChI is InChI=1S/C26H38N4O3S/c1-26(2,3)22-15-23(30(4)18-9-6-5-7-10-18)29-25(28-22)34-17-20-12-13-21(33-20)24(31)27-16-19-11-8-14-32-19/h12-13,15,18-19H,5-11,14,16-17H2,1-4H3,(H,27,31). The predicted octanol–water partition coefficient (Wildman–Crippen LogP) is 5.34. The van der Waals surface area contributed by atoms with E-state index in [0.29, 0.717) is 24.1 Å². The van der Waals surface area contributed by atoms with Gasteiger partial charge in [-0.25, -0.2) is 9.97 Å². The summed E-state index contributed by atoms with van der Waals surface area (Å²) in [6, 6.07) is 6.27. The highest BCUT2D eigenvalue weighted by molar-refractivity contribution is 7.98. The van der Waals surface area contributed by atoms with Gasteiger partial charge in [-0.1, -0.05) is 51.8 Å². The summed E-state index contributed by atoms with van der Waals surface area (Å²) in [4.78, 5) is 24.5. The fourth-order valence-corrected chi connectivity index (χ4v) is 5.26. The van der Waals surface area contributed by atoms with Crippen molar-refractivity contribution in [3.63, 3.8) is 0 Å². The summed E-state index contributed by atoms with van der Waals surface area (Å²) >= 11 is 1.55. The number of amides is 1. The second-order valence-corrected chi connectivity index (χ2v) is 11.4. The van der Waals surface area contributed by atoms with Crippen molar-refractivity contribution in [1.29, 1.82) is 0 Å². The first kappa shape index (κ1) is 25.0. The molecule has 186 valence electrons. The number of nitrogens with zero attached hydrogens (tertiary/aromatic N) is 3. The maximum Gasteiger partial charge on any atom is 0.287 e. The Kier molecular flexibility index (Phi) is 8.19. The van der Waals surface area contributed by atoms with Gasteiger partial charge in [-0.15, -0.1) is 0 Å². The minimum atomic E-state index is -0.200. The highest BCUT2D eigenvalue weighted by Crippen LogP contribution is 2.31. The van der Waals surface area contributed by atoms with Crippen molar-refractivity contribution in [3.05, 3.63) is 35.4 Å². The van der Waals surface area contributed by atoms with Crippen LogP contribution in [0.2, 0.25) is 0 Å². The fraction of sp³-hybridized carbons (Fsp3) is 0.654. The molecule has 0 bridgehead atoms. The molecule has 1 aliphatic heterocycles. The summed E-state index contributed by atoms with van der Waals surface area (Å²) in [5.41, 5.74) is 0.968. The minimum absolute atomic E-state index is 0.0701. The summed E-state index contributed by atoms with van der Waals surface area (Å²) in [5, 5.41) is 3.65. The molecule has 0 radical (unpaired) electrons. The van der Waals surface area contributed by atoms with Crippen LogP contribution in [0.25, 0.3) is 0 Å². The molecule has 1 atom stereocenters. The molecule has 4 rings (SSSR count). The topological polar surface area (TPSA) is 80.5 Å². The normalized spacial score (nSPS) is 19.4. The van der Waals surface area contributed by atoms with Crippen LogP contribution in [-0.4, -0.2) is 48.2 Å². The Morgan fingerprint density at radius 3 is 2.65 bits per heavy atom. The Hall–Kier alpha value is -2.06. The van der Waals surface area contributed by atoms with Crippen LogP contribution in [0, 0.1) is 0 Å². The Bertz CT molecular complexity index is 959. The highest BCUT2D eigenvalue weighted by atomic mass is 32.2. The molecule has 34 heavy (non-hydrogen) atoms. The molecule has 2 aliphatic rings. The molecule has 2 aromatic heterocycles. The lowest BCUT2D eigenvalue weighted by Gasteiger charge is -2.33. The lowest BCUT2D eigenvalue weighted by Crippen LogP contribution is -2.34. The zero-order chi connectivity index (χ0) is 24.1. The van der Waals surface area contributed by atoms with E-state index in [1.807, 2.05) is 6.07 Å². The monoisotopic (exact) mass is 486 g/mol. The van der Waals surface area contributed by atoms with Crippen LogP contribution in [0.3, 0.4) is 0 Å². The highest BCUT2D eigenvalue weighted by Gasteiger charge is 2.24. The van der Waals surface area contributed by atoms with Gasteiger partial charge in [0.1, 0.15) is 11.6 Å². The molecule has 8 heteroatoms. The van der Waals surface area contributed by atoms with Crippen LogP contribution < -0.4 is 10.2 Å². The number of aromatic nitrogens is 2. The van der Waals surface area contributed by atoms with Gasteiger partial charge < -0.3 is 19.4 Å². The largest absolute Gasteiger partial charge is 0.455 e. The van der Waals surface area contributed by atoms with Crippen LogP contribution in [0.15, 0.2) is 27.8 Å². The van der Waals surface area contributed by atoms with Crippen molar-refractivity contribution in [3.8, 4) is 0 Å². The second kappa shape index (κ2) is 11.1. The molecule has 1 unspecified atom stereocenters. The number of ether oxygens (including phenoxy) is 1. The van der Waals surface area contributed by atoms with Crippen molar-refractivity contribution >= 4 is 23.5 Å². The minimum Gasteiger partial charge on any atom is -0.455 e. The average molecular weight is 487 g/mol. The van der Waals surface area contributed by atoms with Crippen LogP contribution >= 0.6 is 11.8 Å². The SMILES string of the molecule is CN(c1cc(C(C)(C)C)nc(SCc2ccc(C(=O)NCC3CCCO3)o2)n1)C1CCCCC1. The van der Waals surface area contributed by atoms with Gasteiger partial charge in [0.05, 0.1) is 17.6 Å². The number of thioether (sulfide) groups is 1. The average Bonchev–Trinajstić information content (AvgIpc) is 3.53. The summed E-state index contributed by atoms with van der Waals surface area (Å²) in [6.07, 6.45) is 8.51. The quantitative estimate of drug-likeness (QED) is 0.399. The van der Waals surface area contributed by atoms with Crippen molar-refractivity contribution < 1.29 is 13.9 Å². The number of anilines is 1. The molecule has 1 saturated heterocycles. The number of hydrogen-bond donors (Lipinski definition) is 1. The van der Waals surface area contributed by atoms with Gasteiger partial charge in [-0.05, 0) is 37.8 Å². The van der Waals surface area contributed by atoms with E-state index in [1.54, 1.807) is 17.8 Å². The lowest BCUT2D eigenvalue weighted by molar-refractivity contribution is 0.0834. The zero-order valence-corrected chi connectivity index (χ0v) is 21.7. The summed E-state index contributed by atoms with van der Waals surface area (Å²) in [6.45, 7) is 7.85. The van der Waals surface area contributed by atoms with Gasteiger partial charge in [0.15, 0.2) is 10.9 Å². The van der Waals surface area contributed by atoms with Gasteiger partial charge in [0, 0.05) is 37.7 Å². The van der Waals surface area contributed by atoms with Gasteiger partial charge in [-0.3, -0.25) is 4.79 Å². The van der Waals surface area contributed by atoms with E-state index in [0.717, 1.165) is 41.9 Å². The molecular weight excluding hydrogens is 448 g/mol. The first-order valence-electron chi connectivity index (χ1n) is 12.5. The third kappa shape index (κ3) is 6.54. The number of carbonyl (C=O) groups is 1. The summed E-state index contributed by atoms with van der Waals surface area (Å²) in [7, 11) is 2.16. The summed E-state index contributed by atoms with van der Waals surface area (Å²) < 4.78 is 11.4. The molecule has 0 spiro atoms. The summed E-state index contributed by atoms with van der Waals surface area (Å²) in [5.74, 6) is 2.42. The van der Waals surface area contributed by atoms with Crippen molar-refractivity contribution in [2.45, 2.75) is 94.2 Å². The molecule has 7 nitrogen and oxygen atoms in total. The molecule has 1 saturated carbocycles. The maximum absolute atomic E-state index is 12.4. The first-order chi connectivity index (χ1) is 16.3. The number of rotatable bonds is 8. The Balaban J connectivity index is 1.41. The van der Waals surface area contributed by atoms with E-state index < -0.39 is 0 Å². The van der Waals surface area contributed by atoms with E-state index in [2.05, 4.69) is 44.1 Å². The molecule has 3 heterocycles. The molecular formula is C26H38N4O3S. The third-order valence-corrected chi connectivity index (χ3v) is 7.56. The van der Waals surface area contributed by atoms with Crippen LogP contribution in [0.4, 0.5) is 5.82 Å². The zero-order valence-electron chi connectivity index (χ0n) is 20.9. The van der Waals surface area contributed by atoms with Crippen molar-refractivity contribution in [2.24, 2.45) is 0 Å². The van der Waals surface area contributed by atoms with Gasteiger partial charge >= 0.3 is 0 Å².